The van der Waals surface area contributed by atoms with Crippen molar-refractivity contribution in [2.45, 2.75) is 6.92 Å². The van der Waals surface area contributed by atoms with Crippen LogP contribution in [0.25, 0.3) is 0 Å². The molecular weight excluding hydrogens is 228 g/mol. The van der Waals surface area contributed by atoms with Crippen molar-refractivity contribution in [1.29, 1.82) is 0 Å². The minimum Gasteiger partial charge on any atom is -0.321 e. The zero-order valence-electron chi connectivity index (χ0n) is 10.3. The number of pyridine rings is 1. The molecule has 18 heavy (non-hydrogen) atoms. The fraction of sp³-hybridized carbons (Fsp3) is 0.143. The van der Waals surface area contributed by atoms with Crippen LogP contribution in [0.4, 0.5) is 5.69 Å². The number of benzene rings is 1. The summed E-state index contributed by atoms with van der Waals surface area (Å²) in [6, 6.07) is 10.4. The molecule has 0 radical (unpaired) electrons. The lowest BCUT2D eigenvalue weighted by atomic mass is 10.1. The molecule has 1 aromatic heterocycles. The molecule has 4 heteroatoms. The number of rotatable bonds is 2. The molecule has 0 aliphatic carbocycles. The Hall–Kier alpha value is -2.36. The van der Waals surface area contributed by atoms with Crippen molar-refractivity contribution >= 4 is 11.6 Å². The molecule has 0 saturated heterocycles. The first-order valence-corrected chi connectivity index (χ1v) is 5.61. The zero-order chi connectivity index (χ0) is 13.1. The van der Waals surface area contributed by atoms with Gasteiger partial charge in [-0.05, 0) is 24.6 Å². The predicted octanol–water partition coefficient (Wildman–Crippen LogP) is 1.95. The summed E-state index contributed by atoms with van der Waals surface area (Å²) in [5.74, 6) is -0.174. The van der Waals surface area contributed by atoms with Gasteiger partial charge in [0.05, 0.1) is 5.69 Å². The third kappa shape index (κ3) is 2.48. The van der Waals surface area contributed by atoms with Crippen LogP contribution in [0.15, 0.2) is 47.4 Å². The normalized spacial score (nSPS) is 10.1. The summed E-state index contributed by atoms with van der Waals surface area (Å²) in [6.07, 6.45) is 1.60. The summed E-state index contributed by atoms with van der Waals surface area (Å²) in [4.78, 5) is 23.3. The predicted molar refractivity (Wildman–Crippen MR) is 70.8 cm³/mol. The quantitative estimate of drug-likeness (QED) is 0.875. The Balaban J connectivity index is 2.24. The molecule has 4 nitrogen and oxygen atoms in total. The van der Waals surface area contributed by atoms with Gasteiger partial charge in [0, 0.05) is 24.9 Å². The molecule has 0 aliphatic rings. The Labute approximate surface area is 105 Å². The molecule has 0 unspecified atom stereocenters. The smallest absolute Gasteiger partial charge is 0.255 e. The van der Waals surface area contributed by atoms with E-state index in [4.69, 9.17) is 0 Å². The molecule has 0 aliphatic heterocycles. The van der Waals surface area contributed by atoms with Crippen molar-refractivity contribution in [3.63, 3.8) is 0 Å². The third-order valence-corrected chi connectivity index (χ3v) is 2.73. The van der Waals surface area contributed by atoms with E-state index in [1.165, 1.54) is 10.6 Å². The molecule has 1 N–H and O–H groups in total. The molecule has 0 bridgehead atoms. The SMILES string of the molecule is Cc1ccccc1C(=O)Nc1ccc(=O)n(C)c1. The van der Waals surface area contributed by atoms with Crippen molar-refractivity contribution in [1.82, 2.24) is 4.57 Å². The zero-order valence-corrected chi connectivity index (χ0v) is 10.3. The second-order valence-corrected chi connectivity index (χ2v) is 4.14. The molecule has 2 aromatic rings. The first kappa shape index (κ1) is 12.1. The molecule has 2 rings (SSSR count). The molecular formula is C14H14N2O2. The minimum atomic E-state index is -0.174. The van der Waals surface area contributed by atoms with E-state index >= 15 is 0 Å². The number of amides is 1. The van der Waals surface area contributed by atoms with Crippen LogP contribution in [-0.2, 0) is 7.05 Å². The minimum absolute atomic E-state index is 0.108. The van der Waals surface area contributed by atoms with E-state index < -0.39 is 0 Å². The lowest BCUT2D eigenvalue weighted by Crippen LogP contribution is -2.18. The van der Waals surface area contributed by atoms with Gasteiger partial charge in [-0.3, -0.25) is 9.59 Å². The van der Waals surface area contributed by atoms with Gasteiger partial charge >= 0.3 is 0 Å². The van der Waals surface area contributed by atoms with E-state index in [-0.39, 0.29) is 11.5 Å². The molecule has 0 saturated carbocycles. The van der Waals surface area contributed by atoms with Crippen LogP contribution in [0.3, 0.4) is 0 Å². The van der Waals surface area contributed by atoms with E-state index in [2.05, 4.69) is 5.32 Å². The topological polar surface area (TPSA) is 51.1 Å². The van der Waals surface area contributed by atoms with E-state index in [9.17, 15) is 9.59 Å². The number of anilines is 1. The highest BCUT2D eigenvalue weighted by Crippen LogP contribution is 2.10. The maximum atomic E-state index is 12.0. The van der Waals surface area contributed by atoms with Gasteiger partial charge in [-0.25, -0.2) is 0 Å². The van der Waals surface area contributed by atoms with E-state index in [1.807, 2.05) is 25.1 Å². The van der Waals surface area contributed by atoms with E-state index in [0.29, 0.717) is 11.3 Å². The van der Waals surface area contributed by atoms with Gasteiger partial charge < -0.3 is 9.88 Å². The largest absolute Gasteiger partial charge is 0.321 e. The first-order chi connectivity index (χ1) is 8.58. The lowest BCUT2D eigenvalue weighted by molar-refractivity contribution is 0.102. The lowest BCUT2D eigenvalue weighted by Gasteiger charge is -2.08. The highest BCUT2D eigenvalue weighted by Gasteiger charge is 2.08. The van der Waals surface area contributed by atoms with Gasteiger partial charge in [-0.15, -0.1) is 0 Å². The molecule has 0 spiro atoms. The van der Waals surface area contributed by atoms with E-state index in [0.717, 1.165) is 5.56 Å². The third-order valence-electron chi connectivity index (χ3n) is 2.73. The van der Waals surface area contributed by atoms with Crippen molar-refractivity contribution < 1.29 is 4.79 Å². The van der Waals surface area contributed by atoms with Gasteiger partial charge in [0.15, 0.2) is 0 Å². The maximum absolute atomic E-state index is 12.0. The van der Waals surface area contributed by atoms with E-state index in [1.54, 1.807) is 25.4 Å². The number of hydrogen-bond acceptors (Lipinski definition) is 2. The Bertz CT molecular complexity index is 644. The average Bonchev–Trinajstić information content (AvgIpc) is 2.34. The number of aryl methyl sites for hydroxylation is 2. The summed E-state index contributed by atoms with van der Waals surface area (Å²) in [5, 5.41) is 2.77. The summed E-state index contributed by atoms with van der Waals surface area (Å²) < 4.78 is 1.42. The fourth-order valence-electron chi connectivity index (χ4n) is 1.69. The fourth-order valence-corrected chi connectivity index (χ4v) is 1.69. The van der Waals surface area contributed by atoms with Crippen molar-refractivity contribution in [3.8, 4) is 0 Å². The molecule has 1 heterocycles. The first-order valence-electron chi connectivity index (χ1n) is 5.61. The highest BCUT2D eigenvalue weighted by atomic mass is 16.1. The Kier molecular flexibility index (Phi) is 3.28. The molecule has 0 atom stereocenters. The van der Waals surface area contributed by atoms with Crippen LogP contribution in [0.2, 0.25) is 0 Å². The number of nitrogens with zero attached hydrogens (tertiary/aromatic N) is 1. The standard InChI is InChI=1S/C14H14N2O2/c1-10-5-3-4-6-12(10)14(18)15-11-7-8-13(17)16(2)9-11/h3-9H,1-2H3,(H,15,18). The van der Waals surface area contributed by atoms with Crippen LogP contribution in [0, 0.1) is 6.92 Å². The molecule has 92 valence electrons. The number of hydrogen-bond donors (Lipinski definition) is 1. The van der Waals surface area contributed by atoms with Crippen LogP contribution >= 0.6 is 0 Å². The highest BCUT2D eigenvalue weighted by molar-refractivity contribution is 6.05. The number of carbonyl (C=O) groups excluding carboxylic acids is 1. The maximum Gasteiger partial charge on any atom is 0.255 e. The molecule has 1 amide bonds. The van der Waals surface area contributed by atoms with Crippen molar-refractivity contribution in [3.05, 3.63) is 64.1 Å². The monoisotopic (exact) mass is 242 g/mol. The van der Waals surface area contributed by atoms with Crippen LogP contribution in [-0.4, -0.2) is 10.5 Å². The Morgan fingerprint density at radius 2 is 1.89 bits per heavy atom. The molecule has 1 aromatic carbocycles. The van der Waals surface area contributed by atoms with Gasteiger partial charge in [0.2, 0.25) is 5.56 Å². The summed E-state index contributed by atoms with van der Waals surface area (Å²) in [6.45, 7) is 1.88. The van der Waals surface area contributed by atoms with Crippen LogP contribution in [0.1, 0.15) is 15.9 Å². The second kappa shape index (κ2) is 4.87. The van der Waals surface area contributed by atoms with Crippen molar-refractivity contribution in [2.75, 3.05) is 5.32 Å². The number of aromatic nitrogens is 1. The van der Waals surface area contributed by atoms with Crippen LogP contribution in [0.5, 0.6) is 0 Å². The van der Waals surface area contributed by atoms with Gasteiger partial charge in [0.25, 0.3) is 5.91 Å². The van der Waals surface area contributed by atoms with Gasteiger partial charge in [-0.2, -0.15) is 0 Å². The van der Waals surface area contributed by atoms with Gasteiger partial charge in [-0.1, -0.05) is 18.2 Å². The summed E-state index contributed by atoms with van der Waals surface area (Å²) >= 11 is 0. The van der Waals surface area contributed by atoms with Crippen molar-refractivity contribution in [2.24, 2.45) is 7.05 Å². The number of nitrogens with one attached hydrogen (secondary N) is 1. The summed E-state index contributed by atoms with van der Waals surface area (Å²) in [7, 11) is 1.64. The molecule has 0 fully saturated rings. The number of carbonyl (C=O) groups is 1. The second-order valence-electron chi connectivity index (χ2n) is 4.14. The van der Waals surface area contributed by atoms with Gasteiger partial charge in [0.1, 0.15) is 0 Å². The average molecular weight is 242 g/mol. The Morgan fingerprint density at radius 3 is 2.56 bits per heavy atom. The Morgan fingerprint density at radius 1 is 1.17 bits per heavy atom. The van der Waals surface area contributed by atoms with Crippen LogP contribution < -0.4 is 10.9 Å². The summed E-state index contributed by atoms with van der Waals surface area (Å²) in [5.41, 5.74) is 2.04.